The van der Waals surface area contributed by atoms with Crippen LogP contribution in [-0.4, -0.2) is 43.3 Å². The third kappa shape index (κ3) is 2.60. The van der Waals surface area contributed by atoms with Crippen LogP contribution >= 0.6 is 0 Å². The molecule has 0 aromatic heterocycles. The molecule has 1 heterocycles. The summed E-state index contributed by atoms with van der Waals surface area (Å²) < 4.78 is 50.4. The summed E-state index contributed by atoms with van der Waals surface area (Å²) in [6.07, 6.45) is 0. The highest BCUT2D eigenvalue weighted by Crippen LogP contribution is 2.23. The molecule has 0 aliphatic carbocycles. The fourth-order valence-corrected chi connectivity index (χ4v) is 3.77. The van der Waals surface area contributed by atoms with E-state index in [1.807, 2.05) is 0 Å². The van der Waals surface area contributed by atoms with Gasteiger partial charge in [0.15, 0.2) is 15.7 Å². The molecule has 20 heavy (non-hydrogen) atoms. The van der Waals surface area contributed by atoms with Crippen LogP contribution in [0.25, 0.3) is 0 Å². The van der Waals surface area contributed by atoms with E-state index in [4.69, 9.17) is 5.73 Å². The van der Waals surface area contributed by atoms with Crippen LogP contribution in [0.3, 0.4) is 0 Å². The molecule has 1 aromatic rings. The number of carbonyl (C=O) groups excluding carboxylic acids is 1. The van der Waals surface area contributed by atoms with E-state index in [2.05, 4.69) is 0 Å². The Morgan fingerprint density at radius 3 is 2.65 bits per heavy atom. The average molecular weight is 304 g/mol. The first-order chi connectivity index (χ1) is 9.23. The predicted octanol–water partition coefficient (Wildman–Crippen LogP) is 0.806. The summed E-state index contributed by atoms with van der Waals surface area (Å²) in [6.45, 7) is 1.44. The molecule has 1 aliphatic heterocycles. The Morgan fingerprint density at radius 2 is 2.05 bits per heavy atom. The largest absolute Gasteiger partial charge is 0.396 e. The van der Waals surface area contributed by atoms with Gasteiger partial charge in [-0.05, 0) is 19.1 Å². The van der Waals surface area contributed by atoms with Gasteiger partial charge in [0.2, 0.25) is 0 Å². The van der Waals surface area contributed by atoms with Crippen molar-refractivity contribution in [3.05, 3.63) is 29.3 Å². The molecule has 1 unspecified atom stereocenters. The van der Waals surface area contributed by atoms with Crippen LogP contribution in [0.4, 0.5) is 14.5 Å². The van der Waals surface area contributed by atoms with Gasteiger partial charge in [0, 0.05) is 12.6 Å². The van der Waals surface area contributed by atoms with Crippen molar-refractivity contribution in [2.75, 3.05) is 23.8 Å². The van der Waals surface area contributed by atoms with Gasteiger partial charge in [-0.15, -0.1) is 0 Å². The fraction of sp³-hybridized carbons (Fsp3) is 0.417. The van der Waals surface area contributed by atoms with Crippen molar-refractivity contribution in [3.8, 4) is 0 Å². The highest BCUT2D eigenvalue weighted by atomic mass is 32.2. The van der Waals surface area contributed by atoms with Gasteiger partial charge in [0.05, 0.1) is 17.2 Å². The van der Waals surface area contributed by atoms with E-state index in [1.54, 1.807) is 0 Å². The molecule has 1 aliphatic rings. The molecule has 1 fully saturated rings. The van der Waals surface area contributed by atoms with Crippen molar-refractivity contribution in [2.24, 2.45) is 0 Å². The van der Waals surface area contributed by atoms with Crippen molar-refractivity contribution in [3.63, 3.8) is 0 Å². The number of hydrogen-bond acceptors (Lipinski definition) is 4. The number of carbonyl (C=O) groups is 1. The lowest BCUT2D eigenvalue weighted by atomic mass is 10.1. The monoisotopic (exact) mass is 304 g/mol. The van der Waals surface area contributed by atoms with Gasteiger partial charge < -0.3 is 10.6 Å². The minimum absolute atomic E-state index is 0.0873. The third-order valence-electron chi connectivity index (χ3n) is 3.27. The highest BCUT2D eigenvalue weighted by Gasteiger charge is 2.34. The van der Waals surface area contributed by atoms with Crippen LogP contribution in [-0.2, 0) is 9.84 Å². The van der Waals surface area contributed by atoms with Gasteiger partial charge >= 0.3 is 0 Å². The van der Waals surface area contributed by atoms with E-state index in [1.165, 1.54) is 6.92 Å². The number of nitrogens with zero attached hydrogens (tertiary/aromatic N) is 1. The maximum absolute atomic E-state index is 13.8. The highest BCUT2D eigenvalue weighted by molar-refractivity contribution is 7.91. The Morgan fingerprint density at radius 1 is 1.40 bits per heavy atom. The van der Waals surface area contributed by atoms with Crippen LogP contribution < -0.4 is 5.73 Å². The minimum atomic E-state index is -3.22. The first kappa shape index (κ1) is 14.7. The summed E-state index contributed by atoms with van der Waals surface area (Å²) in [5.74, 6) is -3.44. The Bertz CT molecular complexity index is 661. The lowest BCUT2D eigenvalue weighted by molar-refractivity contribution is 0.0703. The van der Waals surface area contributed by atoms with Gasteiger partial charge in [0.1, 0.15) is 11.4 Å². The molecular weight excluding hydrogens is 290 g/mol. The average Bonchev–Trinajstić information content (AvgIpc) is 2.33. The van der Waals surface area contributed by atoms with E-state index in [0.717, 1.165) is 17.0 Å². The lowest BCUT2D eigenvalue weighted by Gasteiger charge is -2.33. The summed E-state index contributed by atoms with van der Waals surface area (Å²) in [7, 11) is -3.22. The number of anilines is 1. The Hall–Kier alpha value is -1.70. The van der Waals surface area contributed by atoms with E-state index < -0.39 is 39.0 Å². The predicted molar refractivity (Wildman–Crippen MR) is 69.9 cm³/mol. The molecule has 1 saturated heterocycles. The second kappa shape index (κ2) is 5.01. The van der Waals surface area contributed by atoms with Gasteiger partial charge in [0.25, 0.3) is 5.91 Å². The van der Waals surface area contributed by atoms with Gasteiger partial charge in [-0.3, -0.25) is 4.79 Å². The number of rotatable bonds is 1. The number of nitrogen functional groups attached to an aromatic ring is 1. The summed E-state index contributed by atoms with van der Waals surface area (Å²) in [5.41, 5.74) is 4.26. The summed E-state index contributed by atoms with van der Waals surface area (Å²) >= 11 is 0. The molecule has 0 radical (unpaired) electrons. The van der Waals surface area contributed by atoms with E-state index in [9.17, 15) is 22.0 Å². The molecule has 8 heteroatoms. The van der Waals surface area contributed by atoms with Crippen LogP contribution in [0.15, 0.2) is 12.1 Å². The molecule has 0 spiro atoms. The second-order valence-electron chi connectivity index (χ2n) is 4.79. The lowest BCUT2D eigenvalue weighted by Crippen LogP contribution is -2.50. The smallest absolute Gasteiger partial charge is 0.260 e. The first-order valence-corrected chi connectivity index (χ1v) is 7.80. The second-order valence-corrected chi connectivity index (χ2v) is 7.02. The van der Waals surface area contributed by atoms with Crippen molar-refractivity contribution in [1.29, 1.82) is 0 Å². The maximum atomic E-state index is 13.8. The zero-order chi connectivity index (χ0) is 15.1. The Kier molecular flexibility index (Phi) is 3.68. The molecule has 1 aromatic carbocycles. The van der Waals surface area contributed by atoms with E-state index >= 15 is 0 Å². The normalized spacial score (nSPS) is 21.8. The SMILES string of the molecule is CC1CS(=O)(=O)CCN1C(=O)c1c(F)ccc(N)c1F. The number of amides is 1. The standard InChI is InChI=1S/C12H14F2N2O3S/c1-7-6-20(18,19)5-4-16(7)12(17)10-8(13)2-3-9(15)11(10)14/h2-3,7H,4-6,15H2,1H3. The summed E-state index contributed by atoms with van der Waals surface area (Å²) in [4.78, 5) is 13.4. The number of sulfone groups is 1. The van der Waals surface area contributed by atoms with Crippen molar-refractivity contribution >= 4 is 21.4 Å². The maximum Gasteiger partial charge on any atom is 0.260 e. The quantitative estimate of drug-likeness (QED) is 0.778. The molecule has 0 saturated carbocycles. The number of benzene rings is 1. The van der Waals surface area contributed by atoms with Crippen molar-refractivity contribution in [2.45, 2.75) is 13.0 Å². The molecule has 1 atom stereocenters. The van der Waals surface area contributed by atoms with Crippen molar-refractivity contribution < 1.29 is 22.0 Å². The molecule has 5 nitrogen and oxygen atoms in total. The molecular formula is C12H14F2N2O3S. The molecule has 1 amide bonds. The fourth-order valence-electron chi connectivity index (χ4n) is 2.21. The number of halogens is 2. The zero-order valence-electron chi connectivity index (χ0n) is 10.8. The summed E-state index contributed by atoms with van der Waals surface area (Å²) in [6, 6.07) is 1.31. The Labute approximate surface area is 115 Å². The van der Waals surface area contributed by atoms with Crippen LogP contribution in [0.1, 0.15) is 17.3 Å². The van der Waals surface area contributed by atoms with Crippen LogP contribution in [0.5, 0.6) is 0 Å². The van der Waals surface area contributed by atoms with Gasteiger partial charge in [-0.2, -0.15) is 0 Å². The number of nitrogens with two attached hydrogens (primary N) is 1. The molecule has 110 valence electrons. The molecule has 0 bridgehead atoms. The minimum Gasteiger partial charge on any atom is -0.396 e. The third-order valence-corrected chi connectivity index (χ3v) is 5.06. The van der Waals surface area contributed by atoms with Gasteiger partial charge in [-0.1, -0.05) is 0 Å². The van der Waals surface area contributed by atoms with Gasteiger partial charge in [-0.25, -0.2) is 17.2 Å². The topological polar surface area (TPSA) is 80.5 Å². The van der Waals surface area contributed by atoms with E-state index in [0.29, 0.717) is 0 Å². The number of hydrogen-bond donors (Lipinski definition) is 1. The van der Waals surface area contributed by atoms with Crippen LogP contribution in [0, 0.1) is 11.6 Å². The van der Waals surface area contributed by atoms with E-state index in [-0.39, 0.29) is 23.7 Å². The van der Waals surface area contributed by atoms with Crippen LogP contribution in [0.2, 0.25) is 0 Å². The Balaban J connectivity index is 2.36. The first-order valence-electron chi connectivity index (χ1n) is 5.98. The zero-order valence-corrected chi connectivity index (χ0v) is 11.6. The van der Waals surface area contributed by atoms with Crippen molar-refractivity contribution in [1.82, 2.24) is 4.90 Å². The molecule has 2 rings (SSSR count). The molecule has 2 N–H and O–H groups in total. The summed E-state index contributed by atoms with van der Waals surface area (Å²) in [5, 5.41) is 0.